The lowest BCUT2D eigenvalue weighted by atomic mass is 9.87. The Hall–Kier alpha value is -1.53. The van der Waals surface area contributed by atoms with E-state index in [1.54, 1.807) is 23.9 Å². The lowest BCUT2D eigenvalue weighted by Crippen LogP contribution is -2.55. The molecule has 1 aliphatic heterocycles. The van der Waals surface area contributed by atoms with Crippen molar-refractivity contribution in [2.45, 2.75) is 49.9 Å². The average molecular weight is 322 g/mol. The number of fused-ring (bicyclic) bond motifs is 1. The molecule has 2 unspecified atom stereocenters. The van der Waals surface area contributed by atoms with Crippen LogP contribution in [0.25, 0.3) is 0 Å². The first-order chi connectivity index (χ1) is 10.1. The number of para-hydroxylation sites is 1. The fraction of sp³-hybridized carbons (Fsp3) is 0.500. The molecule has 0 radical (unpaired) electrons. The van der Waals surface area contributed by atoms with E-state index in [-0.39, 0.29) is 16.6 Å². The van der Waals surface area contributed by atoms with Crippen molar-refractivity contribution in [2.24, 2.45) is 11.1 Å². The zero-order valence-corrected chi connectivity index (χ0v) is 14.1. The van der Waals surface area contributed by atoms with E-state index >= 15 is 0 Å². The molecule has 5 nitrogen and oxygen atoms in total. The van der Waals surface area contributed by atoms with Gasteiger partial charge in [0.25, 0.3) is 0 Å². The smallest absolute Gasteiger partial charge is 0.326 e. The second-order valence-corrected chi connectivity index (χ2v) is 7.80. The van der Waals surface area contributed by atoms with Crippen LogP contribution in [0.3, 0.4) is 0 Å². The highest BCUT2D eigenvalue weighted by molar-refractivity contribution is 8.00. The predicted octanol–water partition coefficient (Wildman–Crippen LogP) is 2.34. The summed E-state index contributed by atoms with van der Waals surface area (Å²) in [7, 11) is 0. The van der Waals surface area contributed by atoms with E-state index in [2.05, 4.69) is 0 Å². The Morgan fingerprint density at radius 3 is 2.50 bits per heavy atom. The topological polar surface area (TPSA) is 83.6 Å². The van der Waals surface area contributed by atoms with Crippen molar-refractivity contribution >= 4 is 29.3 Å². The summed E-state index contributed by atoms with van der Waals surface area (Å²) in [6, 6.07) is 5.66. The molecule has 0 saturated heterocycles. The van der Waals surface area contributed by atoms with Crippen LogP contribution < -0.4 is 10.6 Å². The molecule has 2 rings (SSSR count). The van der Waals surface area contributed by atoms with Crippen molar-refractivity contribution in [3.05, 3.63) is 24.3 Å². The maximum atomic E-state index is 12.8. The first-order valence-corrected chi connectivity index (χ1v) is 8.09. The van der Waals surface area contributed by atoms with Gasteiger partial charge in [0, 0.05) is 10.1 Å². The summed E-state index contributed by atoms with van der Waals surface area (Å²) in [5.41, 5.74) is 6.65. The minimum atomic E-state index is -1.05. The quantitative estimate of drug-likeness (QED) is 0.873. The summed E-state index contributed by atoms with van der Waals surface area (Å²) in [6.07, 6.45) is 0. The van der Waals surface area contributed by atoms with Crippen LogP contribution in [0.1, 0.15) is 27.7 Å². The third kappa shape index (κ3) is 2.98. The van der Waals surface area contributed by atoms with Gasteiger partial charge in [-0.05, 0) is 24.5 Å². The number of anilines is 1. The normalized spacial score (nSPS) is 23.7. The van der Waals surface area contributed by atoms with Gasteiger partial charge in [0.1, 0.15) is 6.04 Å². The Balaban J connectivity index is 2.58. The van der Waals surface area contributed by atoms with Crippen LogP contribution in [0.2, 0.25) is 0 Å². The highest BCUT2D eigenvalue weighted by atomic mass is 32.2. The fourth-order valence-electron chi connectivity index (χ4n) is 2.60. The number of hydrogen-bond acceptors (Lipinski definition) is 4. The summed E-state index contributed by atoms with van der Waals surface area (Å²) in [5, 5.41) is 9.21. The number of carbonyl (C=O) groups is 2. The van der Waals surface area contributed by atoms with Gasteiger partial charge in [-0.15, -0.1) is 11.8 Å². The van der Waals surface area contributed by atoms with Crippen molar-refractivity contribution in [1.82, 2.24) is 0 Å². The number of carboxylic acids is 1. The minimum Gasteiger partial charge on any atom is -0.480 e. The van der Waals surface area contributed by atoms with Crippen LogP contribution in [0.5, 0.6) is 0 Å². The van der Waals surface area contributed by atoms with E-state index in [4.69, 9.17) is 5.73 Å². The molecule has 1 amide bonds. The monoisotopic (exact) mass is 322 g/mol. The van der Waals surface area contributed by atoms with Crippen molar-refractivity contribution in [3.8, 4) is 0 Å². The maximum absolute atomic E-state index is 12.8. The highest BCUT2D eigenvalue weighted by Gasteiger charge is 2.43. The first kappa shape index (κ1) is 16.8. The van der Waals surface area contributed by atoms with Gasteiger partial charge in [0.15, 0.2) is 0 Å². The average Bonchev–Trinajstić information content (AvgIpc) is 2.54. The number of nitrogens with zero attached hydrogens (tertiary/aromatic N) is 1. The van der Waals surface area contributed by atoms with E-state index in [1.807, 2.05) is 32.9 Å². The molecule has 0 aromatic heterocycles. The Kier molecular flexibility index (Phi) is 4.54. The molecule has 0 spiro atoms. The van der Waals surface area contributed by atoms with E-state index in [1.165, 1.54) is 11.8 Å². The third-order valence-electron chi connectivity index (χ3n) is 3.83. The van der Waals surface area contributed by atoms with Crippen LogP contribution in [-0.4, -0.2) is 34.3 Å². The van der Waals surface area contributed by atoms with Crippen molar-refractivity contribution in [1.29, 1.82) is 0 Å². The molecule has 0 bridgehead atoms. The molecule has 1 aliphatic rings. The van der Waals surface area contributed by atoms with Crippen molar-refractivity contribution in [3.63, 3.8) is 0 Å². The summed E-state index contributed by atoms with van der Waals surface area (Å²) in [6.45, 7) is 7.62. The van der Waals surface area contributed by atoms with Gasteiger partial charge in [0.05, 0.1) is 11.7 Å². The molecule has 1 aromatic rings. The number of rotatable bonds is 2. The summed E-state index contributed by atoms with van der Waals surface area (Å²) in [4.78, 5) is 26.5. The first-order valence-electron chi connectivity index (χ1n) is 7.21. The molecule has 0 saturated carbocycles. The minimum absolute atomic E-state index is 0.132. The zero-order chi connectivity index (χ0) is 16.7. The SMILES string of the molecule is CC(C(=O)O)N1C(=O)[C@@H](N)C(C(C)(C)C)Sc2ccccc21. The third-order valence-corrected chi connectivity index (χ3v) is 5.68. The number of carboxylic acid groups (broad SMARTS) is 1. The van der Waals surface area contributed by atoms with Crippen molar-refractivity contribution < 1.29 is 14.7 Å². The summed E-state index contributed by atoms with van der Waals surface area (Å²) >= 11 is 1.55. The largest absolute Gasteiger partial charge is 0.480 e. The number of hydrogen-bond donors (Lipinski definition) is 2. The molecule has 3 atom stereocenters. The Labute approximate surface area is 134 Å². The highest BCUT2D eigenvalue weighted by Crippen LogP contribution is 2.44. The molecule has 1 heterocycles. The van der Waals surface area contributed by atoms with E-state index < -0.39 is 18.1 Å². The van der Waals surface area contributed by atoms with Crippen LogP contribution in [0.4, 0.5) is 5.69 Å². The van der Waals surface area contributed by atoms with Gasteiger partial charge in [-0.25, -0.2) is 4.79 Å². The van der Waals surface area contributed by atoms with Crippen molar-refractivity contribution in [2.75, 3.05) is 4.90 Å². The van der Waals surface area contributed by atoms with E-state index in [9.17, 15) is 14.7 Å². The second kappa shape index (κ2) is 5.93. The lowest BCUT2D eigenvalue weighted by molar-refractivity contribution is -0.139. The second-order valence-electron chi connectivity index (χ2n) is 6.62. The molecular formula is C16H22N2O3S. The van der Waals surface area contributed by atoms with E-state index in [0.717, 1.165) is 4.90 Å². The molecule has 6 heteroatoms. The number of nitrogens with two attached hydrogens (primary N) is 1. The Bertz CT molecular complexity index is 597. The van der Waals surface area contributed by atoms with Crippen LogP contribution in [0.15, 0.2) is 29.2 Å². The van der Waals surface area contributed by atoms with Crippen LogP contribution in [-0.2, 0) is 9.59 Å². The van der Waals surface area contributed by atoms with Gasteiger partial charge in [-0.2, -0.15) is 0 Å². The standard InChI is InChI=1S/C16H22N2O3S/c1-9(15(20)21)18-10-7-5-6-8-11(10)22-13(16(2,3)4)12(17)14(18)19/h5-9,12-13H,17H2,1-4H3,(H,20,21)/t9?,12-,13?/m0/s1. The molecule has 1 aromatic carbocycles. The van der Waals surface area contributed by atoms with Crippen LogP contribution in [0, 0.1) is 5.41 Å². The van der Waals surface area contributed by atoms with Gasteiger partial charge in [0.2, 0.25) is 5.91 Å². The summed E-state index contributed by atoms with van der Waals surface area (Å²) in [5.74, 6) is -1.39. The number of amides is 1. The molecule has 3 N–H and O–H groups in total. The Morgan fingerprint density at radius 2 is 1.95 bits per heavy atom. The van der Waals surface area contributed by atoms with Gasteiger partial charge in [-0.1, -0.05) is 32.9 Å². The molecule has 0 aliphatic carbocycles. The van der Waals surface area contributed by atoms with Gasteiger partial charge in [-0.3, -0.25) is 9.69 Å². The molecule has 0 fully saturated rings. The molecule has 22 heavy (non-hydrogen) atoms. The van der Waals surface area contributed by atoms with E-state index in [0.29, 0.717) is 5.69 Å². The van der Waals surface area contributed by atoms with Crippen LogP contribution >= 0.6 is 11.8 Å². The van der Waals surface area contributed by atoms with Gasteiger partial charge < -0.3 is 10.8 Å². The lowest BCUT2D eigenvalue weighted by Gasteiger charge is -2.33. The van der Waals surface area contributed by atoms with Gasteiger partial charge >= 0.3 is 5.97 Å². The predicted molar refractivity (Wildman–Crippen MR) is 88.1 cm³/mol. The maximum Gasteiger partial charge on any atom is 0.326 e. The fourth-order valence-corrected chi connectivity index (χ4v) is 3.93. The zero-order valence-electron chi connectivity index (χ0n) is 13.2. The number of carbonyl (C=O) groups excluding carboxylic acids is 1. The molecular weight excluding hydrogens is 300 g/mol. The number of thioether (sulfide) groups is 1. The number of benzene rings is 1. The summed E-state index contributed by atoms with van der Waals surface area (Å²) < 4.78 is 0. The molecule has 120 valence electrons. The Morgan fingerprint density at radius 1 is 1.36 bits per heavy atom. The number of aliphatic carboxylic acids is 1.